The molecule has 1 aromatic heterocycles. The van der Waals surface area contributed by atoms with E-state index < -0.39 is 16.7 Å². The van der Waals surface area contributed by atoms with Crippen LogP contribution in [0.4, 0.5) is 5.69 Å². The van der Waals surface area contributed by atoms with Gasteiger partial charge in [0.05, 0.1) is 28.6 Å². The van der Waals surface area contributed by atoms with Gasteiger partial charge in [-0.15, -0.1) is 11.8 Å². The molecule has 2 amide bonds. The minimum absolute atomic E-state index is 0.0971. The third kappa shape index (κ3) is 3.88. The van der Waals surface area contributed by atoms with Crippen LogP contribution in [-0.2, 0) is 16.1 Å². The lowest BCUT2D eigenvalue weighted by atomic mass is 10.1. The molecule has 1 aromatic carbocycles. The number of carbonyl (C=O) groups excluding carboxylic acids is 2. The van der Waals surface area contributed by atoms with E-state index in [1.54, 1.807) is 24.5 Å². The van der Waals surface area contributed by atoms with Crippen LogP contribution in [0.5, 0.6) is 0 Å². The SMILES string of the molecule is O=C1C(SCCO)=C(c2ccc([N+](=O)[O-])cc2)C(=O)N1Cc1ccncc1. The summed E-state index contributed by atoms with van der Waals surface area (Å²) >= 11 is 1.10. The highest BCUT2D eigenvalue weighted by Crippen LogP contribution is 2.37. The summed E-state index contributed by atoms with van der Waals surface area (Å²) in [6, 6.07) is 8.91. The predicted molar refractivity (Wildman–Crippen MR) is 99.4 cm³/mol. The number of aliphatic hydroxyl groups is 1. The van der Waals surface area contributed by atoms with Crippen LogP contribution in [0.1, 0.15) is 11.1 Å². The summed E-state index contributed by atoms with van der Waals surface area (Å²) in [6.07, 6.45) is 3.15. The lowest BCUT2D eigenvalue weighted by molar-refractivity contribution is -0.384. The van der Waals surface area contributed by atoms with E-state index in [1.165, 1.54) is 24.3 Å². The van der Waals surface area contributed by atoms with E-state index in [-0.39, 0.29) is 35.1 Å². The Kier molecular flexibility index (Phi) is 5.63. The van der Waals surface area contributed by atoms with E-state index in [2.05, 4.69) is 4.98 Å². The molecule has 2 aromatic rings. The average molecular weight is 385 g/mol. The fraction of sp³-hybridized carbons (Fsp3) is 0.167. The van der Waals surface area contributed by atoms with Gasteiger partial charge in [-0.2, -0.15) is 0 Å². The number of hydrogen-bond acceptors (Lipinski definition) is 7. The van der Waals surface area contributed by atoms with Crippen molar-refractivity contribution in [2.75, 3.05) is 12.4 Å². The second kappa shape index (κ2) is 8.11. The van der Waals surface area contributed by atoms with Gasteiger partial charge in [0, 0.05) is 30.3 Å². The molecule has 2 heterocycles. The number of rotatable bonds is 7. The number of aromatic nitrogens is 1. The maximum Gasteiger partial charge on any atom is 0.269 e. The Bertz CT molecular complexity index is 912. The van der Waals surface area contributed by atoms with Crippen LogP contribution in [0, 0.1) is 10.1 Å². The van der Waals surface area contributed by atoms with Gasteiger partial charge >= 0.3 is 0 Å². The third-order valence-electron chi connectivity index (χ3n) is 3.92. The molecular weight excluding hydrogens is 370 g/mol. The van der Waals surface area contributed by atoms with Gasteiger partial charge in [-0.3, -0.25) is 29.6 Å². The second-order valence-corrected chi connectivity index (χ2v) is 6.74. The number of thioether (sulfide) groups is 1. The number of non-ortho nitro benzene ring substituents is 1. The molecule has 1 aliphatic rings. The highest BCUT2D eigenvalue weighted by atomic mass is 32.2. The van der Waals surface area contributed by atoms with Crippen molar-refractivity contribution in [3.8, 4) is 0 Å². The van der Waals surface area contributed by atoms with Crippen LogP contribution in [0.25, 0.3) is 5.57 Å². The number of hydrogen-bond donors (Lipinski definition) is 1. The van der Waals surface area contributed by atoms with Gasteiger partial charge < -0.3 is 5.11 Å². The summed E-state index contributed by atoms with van der Waals surface area (Å²) in [5.74, 6) is -0.650. The van der Waals surface area contributed by atoms with Crippen molar-refractivity contribution in [3.05, 3.63) is 74.9 Å². The molecule has 1 N–H and O–H groups in total. The number of benzene rings is 1. The fourth-order valence-electron chi connectivity index (χ4n) is 2.65. The van der Waals surface area contributed by atoms with Crippen molar-refractivity contribution < 1.29 is 19.6 Å². The zero-order valence-electron chi connectivity index (χ0n) is 14.1. The molecule has 0 saturated carbocycles. The molecule has 1 aliphatic heterocycles. The van der Waals surface area contributed by atoms with Gasteiger partial charge in [0.1, 0.15) is 0 Å². The number of pyridine rings is 1. The molecule has 0 unspecified atom stereocenters. The van der Waals surface area contributed by atoms with Crippen molar-refractivity contribution >= 4 is 34.8 Å². The molecule has 8 nitrogen and oxygen atoms in total. The Hall–Kier alpha value is -3.04. The second-order valence-electron chi connectivity index (χ2n) is 5.63. The highest BCUT2D eigenvalue weighted by Gasteiger charge is 2.39. The van der Waals surface area contributed by atoms with Gasteiger partial charge in [0.15, 0.2) is 0 Å². The molecule has 0 radical (unpaired) electrons. The molecule has 0 spiro atoms. The highest BCUT2D eigenvalue weighted by molar-refractivity contribution is 8.04. The van der Waals surface area contributed by atoms with Crippen LogP contribution in [0.3, 0.4) is 0 Å². The summed E-state index contributed by atoms with van der Waals surface area (Å²) in [6.45, 7) is -0.0482. The minimum Gasteiger partial charge on any atom is -0.396 e. The van der Waals surface area contributed by atoms with Gasteiger partial charge in [0.2, 0.25) is 0 Å². The lowest BCUT2D eigenvalue weighted by Gasteiger charge is -2.15. The number of carbonyl (C=O) groups is 2. The summed E-state index contributed by atoms with van der Waals surface area (Å²) in [7, 11) is 0. The zero-order valence-corrected chi connectivity index (χ0v) is 14.9. The number of aliphatic hydroxyl groups excluding tert-OH is 1. The van der Waals surface area contributed by atoms with E-state index in [0.717, 1.165) is 22.2 Å². The van der Waals surface area contributed by atoms with Crippen molar-refractivity contribution in [1.29, 1.82) is 0 Å². The van der Waals surface area contributed by atoms with E-state index >= 15 is 0 Å². The first kappa shape index (κ1) is 18.7. The molecule has 27 heavy (non-hydrogen) atoms. The first-order chi connectivity index (χ1) is 13.0. The number of imide groups is 1. The molecule has 138 valence electrons. The molecule has 0 saturated heterocycles. The van der Waals surface area contributed by atoms with Gasteiger partial charge in [-0.25, -0.2) is 0 Å². The molecule has 0 aliphatic carbocycles. The Morgan fingerprint density at radius 1 is 1.07 bits per heavy atom. The Morgan fingerprint density at radius 3 is 2.33 bits per heavy atom. The first-order valence-corrected chi connectivity index (χ1v) is 8.99. The predicted octanol–water partition coefficient (Wildman–Crippen LogP) is 2.00. The van der Waals surface area contributed by atoms with E-state index in [4.69, 9.17) is 5.11 Å². The summed E-state index contributed by atoms with van der Waals surface area (Å²) < 4.78 is 0. The van der Waals surface area contributed by atoms with Crippen LogP contribution < -0.4 is 0 Å². The number of nitro benzene ring substituents is 1. The Labute approximate surface area is 158 Å². The molecule has 0 atom stereocenters. The zero-order chi connectivity index (χ0) is 19.4. The quantitative estimate of drug-likeness (QED) is 0.440. The molecule has 9 heteroatoms. The summed E-state index contributed by atoms with van der Waals surface area (Å²) in [5.41, 5.74) is 1.27. The first-order valence-electron chi connectivity index (χ1n) is 8.00. The van der Waals surface area contributed by atoms with Gasteiger partial charge in [0.25, 0.3) is 17.5 Å². The maximum atomic E-state index is 12.9. The Balaban J connectivity index is 1.96. The van der Waals surface area contributed by atoms with Crippen molar-refractivity contribution in [1.82, 2.24) is 9.88 Å². The molecule has 0 bridgehead atoms. The third-order valence-corrected chi connectivity index (χ3v) is 4.97. The van der Waals surface area contributed by atoms with Crippen LogP contribution in [0.2, 0.25) is 0 Å². The van der Waals surface area contributed by atoms with Gasteiger partial charge in [-0.05, 0) is 35.4 Å². The Morgan fingerprint density at radius 2 is 1.74 bits per heavy atom. The number of nitro groups is 1. The average Bonchev–Trinajstić information content (AvgIpc) is 2.91. The molecular formula is C18H15N3O5S. The standard InChI is InChI=1S/C18H15N3O5S/c22-9-10-27-16-15(13-1-3-14(4-2-13)21(25)26)17(23)20(18(16)24)11-12-5-7-19-8-6-12/h1-8,22H,9-11H2. The molecule has 0 fully saturated rings. The smallest absolute Gasteiger partial charge is 0.269 e. The summed E-state index contributed by atoms with van der Waals surface area (Å²) in [5, 5.41) is 19.9. The van der Waals surface area contributed by atoms with Crippen LogP contribution in [-0.4, -0.2) is 44.1 Å². The van der Waals surface area contributed by atoms with Crippen LogP contribution >= 0.6 is 11.8 Å². The van der Waals surface area contributed by atoms with E-state index in [1.807, 2.05) is 0 Å². The number of amides is 2. The topological polar surface area (TPSA) is 114 Å². The van der Waals surface area contributed by atoms with E-state index in [9.17, 15) is 19.7 Å². The van der Waals surface area contributed by atoms with Crippen LogP contribution in [0.15, 0.2) is 53.7 Å². The summed E-state index contributed by atoms with van der Waals surface area (Å²) in [4.78, 5) is 41.3. The van der Waals surface area contributed by atoms with Crippen molar-refractivity contribution in [2.24, 2.45) is 0 Å². The normalized spacial score (nSPS) is 14.2. The fourth-order valence-corrected chi connectivity index (χ4v) is 3.53. The van der Waals surface area contributed by atoms with E-state index in [0.29, 0.717) is 5.56 Å². The van der Waals surface area contributed by atoms with Crippen molar-refractivity contribution in [3.63, 3.8) is 0 Å². The minimum atomic E-state index is -0.531. The molecule has 3 rings (SSSR count). The lowest BCUT2D eigenvalue weighted by Crippen LogP contribution is -2.31. The maximum absolute atomic E-state index is 12.9. The number of nitrogens with zero attached hydrogens (tertiary/aromatic N) is 3. The largest absolute Gasteiger partial charge is 0.396 e. The monoisotopic (exact) mass is 385 g/mol. The van der Waals surface area contributed by atoms with Crippen molar-refractivity contribution in [2.45, 2.75) is 6.54 Å². The van der Waals surface area contributed by atoms with Gasteiger partial charge in [-0.1, -0.05) is 0 Å².